The van der Waals surface area contributed by atoms with Crippen LogP contribution in [0.5, 0.6) is 0 Å². The smallest absolute Gasteiger partial charge is 0.406 e. The van der Waals surface area contributed by atoms with E-state index in [1.165, 1.54) is 33.2 Å². The Hall–Kier alpha value is -4.52. The van der Waals surface area contributed by atoms with E-state index in [1.54, 1.807) is 6.92 Å². The first kappa shape index (κ1) is 36.3. The van der Waals surface area contributed by atoms with Gasteiger partial charge in [0.2, 0.25) is 0 Å². The zero-order valence-electron chi connectivity index (χ0n) is 26.2. The summed E-state index contributed by atoms with van der Waals surface area (Å²) in [5.74, 6) is -0.779. The predicted octanol–water partition coefficient (Wildman–Crippen LogP) is 1.32. The molecule has 2 aromatic heterocycles. The molecule has 0 amide bonds. The number of hydrogen-bond donors (Lipinski definition) is 3. The number of nitrogens with zero attached hydrogens (tertiary/aromatic N) is 8. The van der Waals surface area contributed by atoms with E-state index < -0.39 is 92.2 Å². The maximum absolute atomic E-state index is 14.1. The summed E-state index contributed by atoms with van der Waals surface area (Å²) in [6.45, 7) is 4.87. The van der Waals surface area contributed by atoms with E-state index in [4.69, 9.17) is 34.3 Å². The second-order valence-electron chi connectivity index (χ2n) is 10.9. The lowest BCUT2D eigenvalue weighted by molar-refractivity contribution is -0.144. The molecule has 0 saturated carbocycles. The molecule has 22 nitrogen and oxygen atoms in total. The molecular formula is C25H34N11O11P. The molecule has 260 valence electrons. The van der Waals surface area contributed by atoms with Gasteiger partial charge in [0, 0.05) is 46.2 Å². The average Bonchev–Trinajstić information content (AvgIpc) is 3.63. The first-order valence-corrected chi connectivity index (χ1v) is 16.2. The van der Waals surface area contributed by atoms with Gasteiger partial charge in [-0.3, -0.25) is 42.5 Å². The lowest BCUT2D eigenvalue weighted by atomic mass is 10.1. The molecule has 2 aliphatic heterocycles. The van der Waals surface area contributed by atoms with Crippen LogP contribution in [0.3, 0.4) is 0 Å². The van der Waals surface area contributed by atoms with Gasteiger partial charge in [-0.15, -0.1) is 0 Å². The van der Waals surface area contributed by atoms with Crippen LogP contribution in [0.1, 0.15) is 50.3 Å². The third-order valence-corrected chi connectivity index (χ3v) is 9.21. The van der Waals surface area contributed by atoms with E-state index >= 15 is 0 Å². The highest BCUT2D eigenvalue weighted by atomic mass is 31.2. The molecular weight excluding hydrogens is 661 g/mol. The predicted molar refractivity (Wildman–Crippen MR) is 164 cm³/mol. The second kappa shape index (κ2) is 15.6. The van der Waals surface area contributed by atoms with Crippen molar-refractivity contribution in [2.24, 2.45) is 10.2 Å². The number of azide groups is 2. The normalized spacial score (nSPS) is 25.4. The number of nitrogens with one attached hydrogen (secondary N) is 3. The minimum absolute atomic E-state index is 0.00393. The van der Waals surface area contributed by atoms with Crippen LogP contribution < -0.4 is 27.6 Å². The summed E-state index contributed by atoms with van der Waals surface area (Å²) < 4.78 is 44.5. The zero-order chi connectivity index (χ0) is 35.2. The van der Waals surface area contributed by atoms with E-state index in [1.807, 2.05) is 0 Å². The fourth-order valence-corrected chi connectivity index (χ4v) is 6.55. The first-order valence-electron chi connectivity index (χ1n) is 14.7. The van der Waals surface area contributed by atoms with E-state index in [-0.39, 0.29) is 30.6 Å². The van der Waals surface area contributed by atoms with Crippen LogP contribution in [0.25, 0.3) is 20.9 Å². The fourth-order valence-electron chi connectivity index (χ4n) is 5.06. The molecule has 4 heterocycles. The van der Waals surface area contributed by atoms with Gasteiger partial charge in [0.25, 0.3) is 11.1 Å². The number of aromatic nitrogens is 4. The Morgan fingerprint density at radius 1 is 0.958 bits per heavy atom. The lowest BCUT2D eigenvalue weighted by Gasteiger charge is -2.26. The van der Waals surface area contributed by atoms with Crippen LogP contribution in [0, 0.1) is 13.8 Å². The van der Waals surface area contributed by atoms with Gasteiger partial charge in [-0.25, -0.2) is 19.2 Å². The highest BCUT2D eigenvalue weighted by molar-refractivity contribution is 7.51. The molecule has 0 aliphatic carbocycles. The quantitative estimate of drug-likeness (QED) is 0.0829. The lowest BCUT2D eigenvalue weighted by Crippen LogP contribution is -2.37. The molecule has 0 radical (unpaired) electrons. The molecule has 0 unspecified atom stereocenters. The van der Waals surface area contributed by atoms with E-state index in [9.17, 15) is 28.5 Å². The second-order valence-corrected chi connectivity index (χ2v) is 12.7. The van der Waals surface area contributed by atoms with Crippen molar-refractivity contribution in [3.8, 4) is 0 Å². The largest absolute Gasteiger partial charge is 0.465 e. The third kappa shape index (κ3) is 8.49. The molecule has 7 atom stereocenters. The topological polar surface area (TPSA) is 300 Å². The van der Waals surface area contributed by atoms with Gasteiger partial charge >= 0.3 is 25.1 Å². The zero-order valence-corrected chi connectivity index (χ0v) is 27.1. The third-order valence-electron chi connectivity index (χ3n) is 7.53. The molecule has 4 rings (SSSR count). The number of aryl methyl sites for hydroxylation is 2. The van der Waals surface area contributed by atoms with Crippen molar-refractivity contribution < 1.29 is 32.6 Å². The summed E-state index contributed by atoms with van der Waals surface area (Å²) in [4.78, 5) is 70.9. The van der Waals surface area contributed by atoms with Gasteiger partial charge < -0.3 is 14.2 Å². The number of aromatic amines is 2. The number of rotatable bonds is 14. The van der Waals surface area contributed by atoms with Crippen LogP contribution in [0.15, 0.2) is 41.8 Å². The van der Waals surface area contributed by atoms with Gasteiger partial charge in [-0.2, -0.15) is 0 Å². The minimum Gasteiger partial charge on any atom is -0.465 e. The molecule has 23 heteroatoms. The fraction of sp³-hybridized carbons (Fsp3) is 0.640. The van der Waals surface area contributed by atoms with Gasteiger partial charge in [-0.1, -0.05) is 10.2 Å². The minimum atomic E-state index is -4.49. The number of carbonyl (C=O) groups is 1. The van der Waals surface area contributed by atoms with E-state index in [0.29, 0.717) is 0 Å². The standard InChI is InChI=1S/C25H34N11O11P/c1-5-43-23(39)14(4)32-48(42,44-10-17-15(30-33-26)6-19(46-17)35-8-12(2)21(37)28-24(35)40)45-11-18-16(31-34-27)7-20(47-18)36-9-13(3)22(38)29-25(36)41/h8-9,14-20H,5-7,10-11H2,1-4H3,(H,32,42)(H,28,37,40)(H,29,38,41)/t14-,15-,16-,17+,18+,19+,20+/m0/s1. The molecule has 48 heavy (non-hydrogen) atoms. The summed E-state index contributed by atoms with van der Waals surface area (Å²) in [5.41, 5.74) is 16.0. The molecule has 0 aromatic carbocycles. The van der Waals surface area contributed by atoms with Gasteiger partial charge in [0.15, 0.2) is 0 Å². The Labute approximate surface area is 270 Å². The van der Waals surface area contributed by atoms with Crippen molar-refractivity contribution in [3.05, 3.63) is 86.1 Å². The van der Waals surface area contributed by atoms with Crippen molar-refractivity contribution in [3.63, 3.8) is 0 Å². The number of hydrogen-bond acceptors (Lipinski definition) is 13. The maximum Gasteiger partial charge on any atom is 0.406 e. The van der Waals surface area contributed by atoms with Crippen molar-refractivity contribution in [2.75, 3.05) is 19.8 Å². The maximum atomic E-state index is 14.1. The Morgan fingerprint density at radius 2 is 1.40 bits per heavy atom. The Bertz CT molecular complexity index is 1780. The summed E-state index contributed by atoms with van der Waals surface area (Å²) in [6, 6.07) is -3.04. The summed E-state index contributed by atoms with van der Waals surface area (Å²) in [6.07, 6.45) is -1.55. The first-order chi connectivity index (χ1) is 22.8. The highest BCUT2D eigenvalue weighted by Crippen LogP contribution is 2.47. The monoisotopic (exact) mass is 695 g/mol. The summed E-state index contributed by atoms with van der Waals surface area (Å²) >= 11 is 0. The number of esters is 1. The van der Waals surface area contributed by atoms with Crippen LogP contribution in [0.2, 0.25) is 0 Å². The van der Waals surface area contributed by atoms with Crippen molar-refractivity contribution in [2.45, 2.75) is 83.3 Å². The van der Waals surface area contributed by atoms with Crippen LogP contribution in [0.4, 0.5) is 0 Å². The van der Waals surface area contributed by atoms with Gasteiger partial charge in [0.05, 0.1) is 44.1 Å². The number of carbonyl (C=O) groups excluding carboxylic acids is 1. The van der Waals surface area contributed by atoms with Crippen LogP contribution in [-0.2, 0) is 32.6 Å². The Balaban J connectivity index is 1.55. The molecule has 2 saturated heterocycles. The van der Waals surface area contributed by atoms with Crippen molar-refractivity contribution >= 4 is 13.7 Å². The Kier molecular flexibility index (Phi) is 11.8. The molecule has 3 N–H and O–H groups in total. The Morgan fingerprint density at radius 3 is 1.79 bits per heavy atom. The molecule has 2 fully saturated rings. The van der Waals surface area contributed by atoms with Crippen molar-refractivity contribution in [1.29, 1.82) is 0 Å². The van der Waals surface area contributed by atoms with E-state index in [2.05, 4.69) is 35.1 Å². The van der Waals surface area contributed by atoms with Gasteiger partial charge in [-0.05, 0) is 38.8 Å². The SMILES string of the molecule is CCOC(=O)[C@H](C)NP(=O)(OC[C@H]1O[C@@H](n2cc(C)c(=O)[nH]c2=O)C[C@@H]1N=[N+]=[N-])OC[C@H]1O[C@@H](n2cc(C)c(=O)[nH]c2=O)C[C@@H]1N=[N+]=[N-]. The summed E-state index contributed by atoms with van der Waals surface area (Å²) in [7, 11) is -4.49. The van der Waals surface area contributed by atoms with Gasteiger partial charge in [0.1, 0.15) is 18.5 Å². The van der Waals surface area contributed by atoms with Crippen LogP contribution >= 0.6 is 7.75 Å². The van der Waals surface area contributed by atoms with Crippen molar-refractivity contribution in [1.82, 2.24) is 24.2 Å². The molecule has 0 spiro atoms. The average molecular weight is 696 g/mol. The molecule has 2 aliphatic rings. The highest BCUT2D eigenvalue weighted by Gasteiger charge is 2.42. The molecule has 0 bridgehead atoms. The van der Waals surface area contributed by atoms with Crippen LogP contribution in [-0.4, -0.2) is 75.2 Å². The number of H-pyrrole nitrogens is 2. The summed E-state index contributed by atoms with van der Waals surface area (Å²) in [5, 5.41) is 9.89. The number of ether oxygens (including phenoxy) is 3. The van der Waals surface area contributed by atoms with E-state index in [0.717, 1.165) is 9.13 Å². The molecule has 2 aromatic rings.